The Morgan fingerprint density at radius 2 is 2.00 bits per heavy atom. The number of aromatic nitrogens is 4. The zero-order valence-electron chi connectivity index (χ0n) is 9.57. The monoisotopic (exact) mass is 272 g/mol. The van der Waals surface area contributed by atoms with Crippen LogP contribution < -0.4 is 0 Å². The molecule has 0 amide bonds. The third-order valence-corrected chi connectivity index (χ3v) is 3.48. The fourth-order valence-electron chi connectivity index (χ4n) is 1.75. The minimum Gasteiger partial charge on any atom is -0.478 e. The van der Waals surface area contributed by atoms with Gasteiger partial charge in [-0.1, -0.05) is 24.3 Å². The van der Waals surface area contributed by atoms with Gasteiger partial charge < -0.3 is 5.11 Å². The molecular weight excluding hydrogens is 264 g/mol. The highest BCUT2D eigenvalue weighted by molar-refractivity contribution is 7.99. The first kappa shape index (κ1) is 11.7. The van der Waals surface area contributed by atoms with Gasteiger partial charge in [-0.05, 0) is 11.8 Å². The van der Waals surface area contributed by atoms with E-state index in [-0.39, 0.29) is 5.56 Å². The van der Waals surface area contributed by atoms with E-state index in [1.807, 2.05) is 12.1 Å². The van der Waals surface area contributed by atoms with Crippen molar-refractivity contribution in [3.8, 4) is 0 Å². The molecule has 2 aromatic heterocycles. The molecule has 94 valence electrons. The van der Waals surface area contributed by atoms with Gasteiger partial charge in [-0.2, -0.15) is 5.10 Å². The van der Waals surface area contributed by atoms with E-state index in [4.69, 9.17) is 5.11 Å². The molecule has 3 aromatic rings. The van der Waals surface area contributed by atoms with Crippen LogP contribution in [0, 0.1) is 0 Å². The Hall–Kier alpha value is -2.41. The molecule has 0 saturated heterocycles. The Bertz CT molecular complexity index is 743. The first-order valence-corrected chi connectivity index (χ1v) is 6.21. The van der Waals surface area contributed by atoms with Crippen LogP contribution in [0.1, 0.15) is 10.4 Å². The number of hydrogen-bond acceptors (Lipinski definition) is 5. The van der Waals surface area contributed by atoms with Crippen molar-refractivity contribution in [2.24, 2.45) is 0 Å². The van der Waals surface area contributed by atoms with Gasteiger partial charge in [0.2, 0.25) is 0 Å². The number of carboxylic acid groups (broad SMARTS) is 1. The summed E-state index contributed by atoms with van der Waals surface area (Å²) < 4.78 is 0. The van der Waals surface area contributed by atoms with Gasteiger partial charge in [-0.3, -0.25) is 5.10 Å². The van der Waals surface area contributed by atoms with Gasteiger partial charge in [0.15, 0.2) is 5.16 Å². The molecule has 0 radical (unpaired) electrons. The van der Waals surface area contributed by atoms with Gasteiger partial charge in [0, 0.05) is 17.0 Å². The van der Waals surface area contributed by atoms with Crippen LogP contribution >= 0.6 is 11.8 Å². The highest BCUT2D eigenvalue weighted by Crippen LogP contribution is 2.30. The molecule has 6 nitrogen and oxygen atoms in total. The number of pyridine rings is 1. The van der Waals surface area contributed by atoms with Gasteiger partial charge in [0.25, 0.3) is 0 Å². The summed E-state index contributed by atoms with van der Waals surface area (Å²) in [7, 11) is 0. The predicted molar refractivity (Wildman–Crippen MR) is 69.2 cm³/mol. The third-order valence-electron chi connectivity index (χ3n) is 2.58. The van der Waals surface area contributed by atoms with Crippen LogP contribution in [0.4, 0.5) is 0 Å². The summed E-state index contributed by atoms with van der Waals surface area (Å²) in [4.78, 5) is 19.4. The second-order valence-electron chi connectivity index (χ2n) is 3.72. The number of carbonyl (C=O) groups is 1. The van der Waals surface area contributed by atoms with Crippen molar-refractivity contribution in [3.05, 3.63) is 42.4 Å². The van der Waals surface area contributed by atoms with E-state index >= 15 is 0 Å². The zero-order chi connectivity index (χ0) is 13.2. The molecule has 3 rings (SSSR count). The van der Waals surface area contributed by atoms with E-state index in [1.54, 1.807) is 12.1 Å². The van der Waals surface area contributed by atoms with Crippen LogP contribution in [-0.4, -0.2) is 31.2 Å². The molecule has 0 unspecified atom stereocenters. The molecule has 2 N–H and O–H groups in total. The van der Waals surface area contributed by atoms with Crippen molar-refractivity contribution < 1.29 is 9.90 Å². The lowest BCUT2D eigenvalue weighted by Crippen LogP contribution is -1.99. The Kier molecular flexibility index (Phi) is 2.88. The number of hydrogen-bond donors (Lipinski definition) is 2. The van der Waals surface area contributed by atoms with E-state index in [0.29, 0.717) is 15.6 Å². The largest absolute Gasteiger partial charge is 0.478 e. The predicted octanol–water partition coefficient (Wildman–Crippen LogP) is 2.20. The van der Waals surface area contributed by atoms with E-state index in [1.165, 1.54) is 24.3 Å². The lowest BCUT2D eigenvalue weighted by Gasteiger charge is -2.06. The average molecular weight is 272 g/mol. The molecule has 2 heterocycles. The minimum atomic E-state index is -0.986. The van der Waals surface area contributed by atoms with Crippen LogP contribution in [0.15, 0.2) is 47.0 Å². The Morgan fingerprint density at radius 3 is 2.68 bits per heavy atom. The molecule has 0 aliphatic carbocycles. The lowest BCUT2D eigenvalue weighted by molar-refractivity contribution is 0.0698. The maximum Gasteiger partial charge on any atom is 0.337 e. The average Bonchev–Trinajstić information content (AvgIpc) is 2.91. The summed E-state index contributed by atoms with van der Waals surface area (Å²) in [6.45, 7) is 0. The summed E-state index contributed by atoms with van der Waals surface area (Å²) in [5.41, 5.74) is 0.192. The highest BCUT2D eigenvalue weighted by Gasteiger charge is 2.13. The first-order chi connectivity index (χ1) is 9.25. The SMILES string of the molecule is O=C(O)c1cnc(Sc2ncn[nH]2)c2ccccc12. The lowest BCUT2D eigenvalue weighted by atomic mass is 10.1. The molecule has 0 fully saturated rings. The molecule has 19 heavy (non-hydrogen) atoms. The smallest absolute Gasteiger partial charge is 0.337 e. The number of nitrogens with zero attached hydrogens (tertiary/aromatic N) is 3. The molecule has 0 saturated carbocycles. The fourth-order valence-corrected chi connectivity index (χ4v) is 2.53. The molecular formula is C12H8N4O2S. The van der Waals surface area contributed by atoms with E-state index in [0.717, 1.165) is 5.39 Å². The molecule has 1 aromatic carbocycles. The second-order valence-corrected chi connectivity index (χ2v) is 4.70. The summed E-state index contributed by atoms with van der Waals surface area (Å²) in [6, 6.07) is 7.26. The van der Waals surface area contributed by atoms with Crippen molar-refractivity contribution >= 4 is 28.5 Å². The van der Waals surface area contributed by atoms with E-state index in [9.17, 15) is 4.79 Å². The maximum atomic E-state index is 11.2. The Morgan fingerprint density at radius 1 is 1.21 bits per heavy atom. The number of aromatic carboxylic acids is 1. The summed E-state index contributed by atoms with van der Waals surface area (Å²) >= 11 is 1.31. The number of aromatic amines is 1. The standard InChI is InChI=1S/C12H8N4O2S/c17-11(18)9-5-13-10(19-12-14-6-15-16-12)8-4-2-1-3-7(8)9/h1-6H,(H,17,18)(H,14,15,16). The summed E-state index contributed by atoms with van der Waals surface area (Å²) in [6.07, 6.45) is 2.78. The number of fused-ring (bicyclic) bond motifs is 1. The number of H-pyrrole nitrogens is 1. The fraction of sp³-hybridized carbons (Fsp3) is 0. The van der Waals surface area contributed by atoms with Crippen molar-refractivity contribution in [1.29, 1.82) is 0 Å². The summed E-state index contributed by atoms with van der Waals surface area (Å²) in [5.74, 6) is -0.986. The van der Waals surface area contributed by atoms with Crippen molar-refractivity contribution in [2.75, 3.05) is 0 Å². The van der Waals surface area contributed by atoms with Gasteiger partial charge in [-0.15, -0.1) is 0 Å². The third kappa shape index (κ3) is 2.15. The number of rotatable bonds is 3. The van der Waals surface area contributed by atoms with Crippen LogP contribution in [0.25, 0.3) is 10.8 Å². The quantitative estimate of drug-likeness (QED) is 0.759. The van der Waals surface area contributed by atoms with Gasteiger partial charge in [-0.25, -0.2) is 14.8 Å². The molecule has 0 atom stereocenters. The van der Waals surface area contributed by atoms with E-state index < -0.39 is 5.97 Å². The Labute approximate surface area is 111 Å². The van der Waals surface area contributed by atoms with Gasteiger partial charge >= 0.3 is 5.97 Å². The van der Waals surface area contributed by atoms with Crippen LogP contribution in [-0.2, 0) is 0 Å². The van der Waals surface area contributed by atoms with Crippen LogP contribution in [0.2, 0.25) is 0 Å². The summed E-state index contributed by atoms with van der Waals surface area (Å²) in [5, 5.41) is 18.4. The van der Waals surface area contributed by atoms with Crippen LogP contribution in [0.5, 0.6) is 0 Å². The number of nitrogens with one attached hydrogen (secondary N) is 1. The van der Waals surface area contributed by atoms with Crippen molar-refractivity contribution in [1.82, 2.24) is 20.2 Å². The number of carboxylic acids is 1. The van der Waals surface area contributed by atoms with Gasteiger partial charge in [0.05, 0.1) is 5.56 Å². The van der Waals surface area contributed by atoms with Crippen molar-refractivity contribution in [2.45, 2.75) is 10.2 Å². The van der Waals surface area contributed by atoms with E-state index in [2.05, 4.69) is 20.2 Å². The first-order valence-electron chi connectivity index (χ1n) is 5.40. The van der Waals surface area contributed by atoms with Gasteiger partial charge in [0.1, 0.15) is 11.4 Å². The topological polar surface area (TPSA) is 91.8 Å². The molecule has 0 aliphatic heterocycles. The van der Waals surface area contributed by atoms with Crippen molar-refractivity contribution in [3.63, 3.8) is 0 Å². The molecule has 0 spiro atoms. The number of benzene rings is 1. The maximum absolute atomic E-state index is 11.2. The molecule has 0 bridgehead atoms. The minimum absolute atomic E-state index is 0.192. The zero-order valence-corrected chi connectivity index (χ0v) is 10.4. The second kappa shape index (κ2) is 4.69. The highest BCUT2D eigenvalue weighted by atomic mass is 32.2. The normalized spacial score (nSPS) is 10.7. The Balaban J connectivity index is 2.16. The molecule has 7 heteroatoms. The molecule has 0 aliphatic rings. The van der Waals surface area contributed by atoms with Crippen LogP contribution in [0.3, 0.4) is 0 Å².